The van der Waals surface area contributed by atoms with Crippen molar-refractivity contribution in [3.63, 3.8) is 0 Å². The SMILES string of the molecule is Cc1ccc(-n2ccc(C)cc2=O)cc1. The first-order chi connectivity index (χ1) is 7.16. The third-order valence-corrected chi connectivity index (χ3v) is 2.39. The molecule has 1 aromatic heterocycles. The van der Waals surface area contributed by atoms with E-state index < -0.39 is 0 Å². The molecule has 15 heavy (non-hydrogen) atoms. The van der Waals surface area contributed by atoms with Gasteiger partial charge in [-0.3, -0.25) is 9.36 Å². The fourth-order valence-electron chi connectivity index (χ4n) is 1.50. The standard InChI is InChI=1S/C13H13NO/c1-10-3-5-12(6-4-10)14-8-7-11(2)9-13(14)15/h3-9H,1-2H3. The van der Waals surface area contributed by atoms with E-state index in [0.29, 0.717) is 0 Å². The number of hydrogen-bond donors (Lipinski definition) is 0. The van der Waals surface area contributed by atoms with Crippen molar-refractivity contribution in [3.8, 4) is 5.69 Å². The molecule has 2 aromatic rings. The first-order valence-corrected chi connectivity index (χ1v) is 4.93. The second kappa shape index (κ2) is 3.73. The summed E-state index contributed by atoms with van der Waals surface area (Å²) in [6.07, 6.45) is 1.81. The van der Waals surface area contributed by atoms with E-state index in [0.717, 1.165) is 11.3 Å². The number of rotatable bonds is 1. The first-order valence-electron chi connectivity index (χ1n) is 4.93. The molecular weight excluding hydrogens is 186 g/mol. The molecule has 0 N–H and O–H groups in total. The highest BCUT2D eigenvalue weighted by Gasteiger charge is 1.98. The van der Waals surface area contributed by atoms with Gasteiger partial charge in [-0.2, -0.15) is 0 Å². The van der Waals surface area contributed by atoms with Gasteiger partial charge in [0.2, 0.25) is 0 Å². The molecule has 0 aliphatic heterocycles. The second-order valence-corrected chi connectivity index (χ2v) is 3.75. The van der Waals surface area contributed by atoms with Gasteiger partial charge in [0.1, 0.15) is 0 Å². The lowest BCUT2D eigenvalue weighted by Gasteiger charge is -2.05. The topological polar surface area (TPSA) is 22.0 Å². The van der Waals surface area contributed by atoms with E-state index in [9.17, 15) is 4.79 Å². The van der Waals surface area contributed by atoms with Crippen molar-refractivity contribution in [2.45, 2.75) is 13.8 Å². The van der Waals surface area contributed by atoms with Crippen LogP contribution >= 0.6 is 0 Å². The van der Waals surface area contributed by atoms with Gasteiger partial charge >= 0.3 is 0 Å². The summed E-state index contributed by atoms with van der Waals surface area (Å²) in [7, 11) is 0. The van der Waals surface area contributed by atoms with Crippen LogP contribution < -0.4 is 5.56 Å². The molecule has 0 saturated heterocycles. The van der Waals surface area contributed by atoms with Crippen LogP contribution in [-0.2, 0) is 0 Å². The summed E-state index contributed by atoms with van der Waals surface area (Å²) in [5, 5.41) is 0. The van der Waals surface area contributed by atoms with Gasteiger partial charge in [0.05, 0.1) is 0 Å². The maximum Gasteiger partial charge on any atom is 0.255 e. The fraction of sp³-hybridized carbons (Fsp3) is 0.154. The van der Waals surface area contributed by atoms with Crippen molar-refractivity contribution in [1.29, 1.82) is 0 Å². The Morgan fingerprint density at radius 3 is 2.20 bits per heavy atom. The Hall–Kier alpha value is -1.83. The van der Waals surface area contributed by atoms with E-state index in [4.69, 9.17) is 0 Å². The largest absolute Gasteiger partial charge is 0.284 e. The van der Waals surface area contributed by atoms with Crippen LogP contribution in [0.2, 0.25) is 0 Å². The number of aryl methyl sites for hydroxylation is 2. The molecule has 1 heterocycles. The minimum absolute atomic E-state index is 0.0128. The number of pyridine rings is 1. The average molecular weight is 199 g/mol. The Kier molecular flexibility index (Phi) is 2.42. The van der Waals surface area contributed by atoms with E-state index in [2.05, 4.69) is 0 Å². The maximum atomic E-state index is 11.7. The van der Waals surface area contributed by atoms with Gasteiger partial charge in [-0.1, -0.05) is 17.7 Å². The quantitative estimate of drug-likeness (QED) is 0.691. The second-order valence-electron chi connectivity index (χ2n) is 3.75. The highest BCUT2D eigenvalue weighted by atomic mass is 16.1. The van der Waals surface area contributed by atoms with Gasteiger partial charge in [0.25, 0.3) is 5.56 Å². The first kappa shape index (κ1) is 9.71. The Morgan fingerprint density at radius 1 is 0.933 bits per heavy atom. The number of nitrogens with zero attached hydrogens (tertiary/aromatic N) is 1. The summed E-state index contributed by atoms with van der Waals surface area (Å²) in [6.45, 7) is 3.95. The fourth-order valence-corrected chi connectivity index (χ4v) is 1.50. The molecule has 0 unspecified atom stereocenters. The minimum atomic E-state index is 0.0128. The van der Waals surface area contributed by atoms with Gasteiger partial charge in [0.15, 0.2) is 0 Å². The monoisotopic (exact) mass is 199 g/mol. The van der Waals surface area contributed by atoms with Crippen LogP contribution in [0.1, 0.15) is 11.1 Å². The minimum Gasteiger partial charge on any atom is -0.284 e. The van der Waals surface area contributed by atoms with E-state index in [-0.39, 0.29) is 5.56 Å². The molecule has 2 heteroatoms. The molecule has 0 saturated carbocycles. The number of hydrogen-bond acceptors (Lipinski definition) is 1. The molecule has 76 valence electrons. The Morgan fingerprint density at radius 2 is 1.60 bits per heavy atom. The van der Waals surface area contributed by atoms with Crippen molar-refractivity contribution < 1.29 is 0 Å². The lowest BCUT2D eigenvalue weighted by molar-refractivity contribution is 0.981. The lowest BCUT2D eigenvalue weighted by Crippen LogP contribution is -2.16. The smallest absolute Gasteiger partial charge is 0.255 e. The van der Waals surface area contributed by atoms with E-state index >= 15 is 0 Å². The van der Waals surface area contributed by atoms with Crippen LogP contribution in [0.15, 0.2) is 47.4 Å². The van der Waals surface area contributed by atoms with Crippen LogP contribution in [0.4, 0.5) is 0 Å². The summed E-state index contributed by atoms with van der Waals surface area (Å²) in [6, 6.07) is 11.5. The molecule has 0 aliphatic rings. The molecule has 1 aromatic carbocycles. The highest BCUT2D eigenvalue weighted by molar-refractivity contribution is 5.34. The van der Waals surface area contributed by atoms with Gasteiger partial charge in [-0.25, -0.2) is 0 Å². The zero-order valence-corrected chi connectivity index (χ0v) is 8.90. The van der Waals surface area contributed by atoms with Crippen LogP contribution in [-0.4, -0.2) is 4.57 Å². The zero-order valence-electron chi connectivity index (χ0n) is 8.90. The third-order valence-electron chi connectivity index (χ3n) is 2.39. The normalized spacial score (nSPS) is 10.3. The Balaban J connectivity index is 2.55. The third kappa shape index (κ3) is 1.99. The molecule has 0 atom stereocenters. The Labute approximate surface area is 88.8 Å². The number of aromatic nitrogens is 1. The molecule has 0 spiro atoms. The molecule has 0 bridgehead atoms. The molecule has 0 amide bonds. The van der Waals surface area contributed by atoms with Crippen molar-refractivity contribution in [2.75, 3.05) is 0 Å². The van der Waals surface area contributed by atoms with Crippen LogP contribution in [0.25, 0.3) is 5.69 Å². The highest BCUT2D eigenvalue weighted by Crippen LogP contribution is 2.07. The van der Waals surface area contributed by atoms with Crippen molar-refractivity contribution >= 4 is 0 Å². The molecule has 0 aliphatic carbocycles. The maximum absolute atomic E-state index is 11.7. The van der Waals surface area contributed by atoms with E-state index in [1.54, 1.807) is 10.6 Å². The molecule has 0 radical (unpaired) electrons. The van der Waals surface area contributed by atoms with Crippen molar-refractivity contribution in [2.24, 2.45) is 0 Å². The van der Waals surface area contributed by atoms with Crippen molar-refractivity contribution in [1.82, 2.24) is 4.57 Å². The summed E-state index contributed by atoms with van der Waals surface area (Å²) in [5.74, 6) is 0. The van der Waals surface area contributed by atoms with Gasteiger partial charge < -0.3 is 0 Å². The summed E-state index contributed by atoms with van der Waals surface area (Å²) in [5.41, 5.74) is 3.10. The van der Waals surface area contributed by atoms with E-state index in [1.165, 1.54) is 5.56 Å². The molecule has 0 fully saturated rings. The van der Waals surface area contributed by atoms with Gasteiger partial charge in [-0.15, -0.1) is 0 Å². The van der Waals surface area contributed by atoms with Crippen LogP contribution in [0, 0.1) is 13.8 Å². The summed E-state index contributed by atoms with van der Waals surface area (Å²) >= 11 is 0. The molecule has 2 rings (SSSR count). The lowest BCUT2D eigenvalue weighted by atomic mass is 10.2. The van der Waals surface area contributed by atoms with Crippen LogP contribution in [0.3, 0.4) is 0 Å². The predicted octanol–water partition coefficient (Wildman–Crippen LogP) is 2.45. The predicted molar refractivity (Wildman–Crippen MR) is 61.5 cm³/mol. The molecular formula is C13H13NO. The molecule has 2 nitrogen and oxygen atoms in total. The number of benzene rings is 1. The van der Waals surface area contributed by atoms with Crippen molar-refractivity contribution in [3.05, 3.63) is 64.1 Å². The van der Waals surface area contributed by atoms with Gasteiger partial charge in [-0.05, 0) is 37.6 Å². The van der Waals surface area contributed by atoms with Crippen LogP contribution in [0.5, 0.6) is 0 Å². The van der Waals surface area contributed by atoms with E-state index in [1.807, 2.05) is 50.4 Å². The Bertz CT molecular complexity index is 523. The summed E-state index contributed by atoms with van der Waals surface area (Å²) < 4.78 is 1.65. The summed E-state index contributed by atoms with van der Waals surface area (Å²) in [4.78, 5) is 11.7. The van der Waals surface area contributed by atoms with Gasteiger partial charge in [0, 0.05) is 18.0 Å². The zero-order chi connectivity index (χ0) is 10.8. The average Bonchev–Trinajstić information content (AvgIpc) is 2.20.